The molecule has 1 aliphatic carbocycles. The van der Waals surface area contributed by atoms with E-state index in [1.807, 2.05) is 12.1 Å². The fraction of sp³-hybridized carbons (Fsp3) is 0.111. The van der Waals surface area contributed by atoms with Crippen molar-refractivity contribution in [2.45, 2.75) is 12.8 Å². The molecule has 0 radical (unpaired) electrons. The maximum absolute atomic E-state index is 5.97. The smallest absolute Gasteiger partial charge is 0.0406 e. The number of hydrogen-bond acceptors (Lipinski definition) is 0. The van der Waals surface area contributed by atoms with Crippen molar-refractivity contribution in [1.29, 1.82) is 0 Å². The Morgan fingerprint density at radius 2 is 1.74 bits per heavy atom. The van der Waals surface area contributed by atoms with Crippen LogP contribution in [0.1, 0.15) is 29.5 Å². The van der Waals surface area contributed by atoms with Crippen LogP contribution < -0.4 is 0 Å². The summed E-state index contributed by atoms with van der Waals surface area (Å²) in [7, 11) is 0. The van der Waals surface area contributed by atoms with Gasteiger partial charge in [0.05, 0.1) is 0 Å². The van der Waals surface area contributed by atoms with Gasteiger partial charge in [-0.25, -0.2) is 0 Å². The molecule has 0 amide bonds. The van der Waals surface area contributed by atoms with Crippen molar-refractivity contribution in [2.75, 3.05) is 0 Å². The number of benzene rings is 2. The Kier molecular flexibility index (Phi) is 3.04. The van der Waals surface area contributed by atoms with Gasteiger partial charge in [0.15, 0.2) is 0 Å². The van der Waals surface area contributed by atoms with Gasteiger partial charge in [0, 0.05) is 10.9 Å². The van der Waals surface area contributed by atoms with Crippen LogP contribution in [0.4, 0.5) is 0 Å². The zero-order valence-corrected chi connectivity index (χ0v) is 11.6. The molecule has 1 atom stereocenters. The van der Waals surface area contributed by atoms with E-state index in [-0.39, 0.29) is 5.92 Å². The summed E-state index contributed by atoms with van der Waals surface area (Å²) < 4.78 is 0. The van der Waals surface area contributed by atoms with E-state index < -0.39 is 0 Å². The van der Waals surface area contributed by atoms with Crippen LogP contribution in [0.5, 0.6) is 0 Å². The maximum Gasteiger partial charge on any atom is 0.0406 e. The fourth-order valence-electron chi connectivity index (χ4n) is 2.75. The summed E-state index contributed by atoms with van der Waals surface area (Å²) in [5.74, 6) is 0.289. The Bertz CT molecular complexity index is 662. The monoisotopic (exact) mass is 266 g/mol. The Hall–Kier alpha value is -1.79. The molecule has 1 heteroatoms. The number of allylic oxidation sites excluding steroid dienone is 2. The molecule has 0 N–H and O–H groups in total. The summed E-state index contributed by atoms with van der Waals surface area (Å²) in [5, 5.41) is 0.770. The normalized spacial score (nSPS) is 16.9. The van der Waals surface area contributed by atoms with E-state index in [2.05, 4.69) is 56.0 Å². The topological polar surface area (TPSA) is 0 Å². The van der Waals surface area contributed by atoms with Gasteiger partial charge in [-0.2, -0.15) is 0 Å². The van der Waals surface area contributed by atoms with Crippen molar-refractivity contribution >= 4 is 23.3 Å². The third-order valence-electron chi connectivity index (χ3n) is 3.60. The van der Waals surface area contributed by atoms with Crippen LogP contribution in [-0.4, -0.2) is 0 Å². The van der Waals surface area contributed by atoms with Crippen LogP contribution >= 0.6 is 11.6 Å². The molecule has 1 unspecified atom stereocenters. The maximum atomic E-state index is 5.97. The molecule has 0 heterocycles. The van der Waals surface area contributed by atoms with Gasteiger partial charge in [0.25, 0.3) is 0 Å². The molecule has 2 aromatic rings. The molecule has 94 valence electrons. The second-order valence-electron chi connectivity index (χ2n) is 5.01. The van der Waals surface area contributed by atoms with E-state index in [9.17, 15) is 0 Å². The molecular formula is C18H15Cl. The molecule has 0 aromatic heterocycles. The summed E-state index contributed by atoms with van der Waals surface area (Å²) in [6.45, 7) is 6.26. The number of rotatable bonds is 2. The van der Waals surface area contributed by atoms with E-state index in [4.69, 9.17) is 11.6 Å². The zero-order chi connectivity index (χ0) is 13.4. The highest BCUT2D eigenvalue weighted by molar-refractivity contribution is 6.30. The summed E-state index contributed by atoms with van der Waals surface area (Å²) in [6.07, 6.45) is 2.26. The second kappa shape index (κ2) is 4.71. The summed E-state index contributed by atoms with van der Waals surface area (Å²) in [6, 6.07) is 16.6. The Morgan fingerprint density at radius 1 is 1.05 bits per heavy atom. The van der Waals surface area contributed by atoms with E-state index in [0.717, 1.165) is 5.02 Å². The molecule has 0 nitrogen and oxygen atoms in total. The van der Waals surface area contributed by atoms with Gasteiger partial charge in [-0.15, -0.1) is 0 Å². The predicted octanol–water partition coefficient (Wildman–Crippen LogP) is 5.55. The van der Waals surface area contributed by atoms with Crippen LogP contribution in [0.15, 0.2) is 60.7 Å². The highest BCUT2D eigenvalue weighted by Crippen LogP contribution is 2.45. The summed E-state index contributed by atoms with van der Waals surface area (Å²) in [5.41, 5.74) is 6.34. The minimum atomic E-state index is 0.289. The van der Waals surface area contributed by atoms with Crippen molar-refractivity contribution in [2.24, 2.45) is 0 Å². The van der Waals surface area contributed by atoms with Crippen LogP contribution in [0, 0.1) is 0 Å². The molecule has 19 heavy (non-hydrogen) atoms. The van der Waals surface area contributed by atoms with Gasteiger partial charge in [0.1, 0.15) is 0 Å². The SMILES string of the molecule is C=C(C)C1C(c2ccc(Cl)cc2)=Cc2ccccc21. The van der Waals surface area contributed by atoms with Gasteiger partial charge in [-0.05, 0) is 47.4 Å². The lowest BCUT2D eigenvalue weighted by Gasteiger charge is -2.17. The molecule has 0 aliphatic heterocycles. The van der Waals surface area contributed by atoms with Crippen LogP contribution in [0.2, 0.25) is 5.02 Å². The number of fused-ring (bicyclic) bond motifs is 1. The van der Waals surface area contributed by atoms with Gasteiger partial charge in [-0.1, -0.05) is 60.2 Å². The minimum Gasteiger partial charge on any atom is -0.0992 e. The Labute approximate surface area is 119 Å². The predicted molar refractivity (Wildman–Crippen MR) is 83.3 cm³/mol. The van der Waals surface area contributed by atoms with Gasteiger partial charge in [0.2, 0.25) is 0 Å². The van der Waals surface area contributed by atoms with Gasteiger partial charge >= 0.3 is 0 Å². The fourth-order valence-corrected chi connectivity index (χ4v) is 2.87. The summed E-state index contributed by atoms with van der Waals surface area (Å²) >= 11 is 5.97. The quantitative estimate of drug-likeness (QED) is 0.625. The van der Waals surface area contributed by atoms with E-state index in [0.29, 0.717) is 0 Å². The molecule has 0 saturated carbocycles. The molecular weight excluding hydrogens is 252 g/mol. The zero-order valence-electron chi connectivity index (χ0n) is 10.9. The molecule has 1 aliphatic rings. The summed E-state index contributed by atoms with van der Waals surface area (Å²) in [4.78, 5) is 0. The Balaban J connectivity index is 2.12. The highest BCUT2D eigenvalue weighted by Gasteiger charge is 2.26. The Morgan fingerprint density at radius 3 is 2.42 bits per heavy atom. The van der Waals surface area contributed by atoms with Crippen molar-refractivity contribution < 1.29 is 0 Å². The lowest BCUT2D eigenvalue weighted by molar-refractivity contribution is 1.04. The van der Waals surface area contributed by atoms with Crippen LogP contribution in [-0.2, 0) is 0 Å². The van der Waals surface area contributed by atoms with Crippen LogP contribution in [0.25, 0.3) is 11.6 Å². The molecule has 0 spiro atoms. The largest absolute Gasteiger partial charge is 0.0992 e. The average Bonchev–Trinajstić information content (AvgIpc) is 2.78. The van der Waals surface area contributed by atoms with E-state index in [1.165, 1.54) is 27.8 Å². The third kappa shape index (κ3) is 2.13. The first-order chi connectivity index (χ1) is 9.16. The lowest BCUT2D eigenvalue weighted by Crippen LogP contribution is -1.99. The van der Waals surface area contributed by atoms with Crippen molar-refractivity contribution in [3.05, 3.63) is 82.4 Å². The first-order valence-corrected chi connectivity index (χ1v) is 6.76. The van der Waals surface area contributed by atoms with Crippen molar-refractivity contribution in [3.8, 4) is 0 Å². The van der Waals surface area contributed by atoms with Crippen molar-refractivity contribution in [3.63, 3.8) is 0 Å². The first kappa shape index (κ1) is 12.3. The number of hydrogen-bond donors (Lipinski definition) is 0. The standard InChI is InChI=1S/C18H15Cl/c1-12(2)18-16-6-4-3-5-14(16)11-17(18)13-7-9-15(19)10-8-13/h3-11,18H,1H2,2H3. The molecule has 0 saturated heterocycles. The molecule has 0 bridgehead atoms. The average molecular weight is 267 g/mol. The molecule has 2 aromatic carbocycles. The molecule has 3 rings (SSSR count). The second-order valence-corrected chi connectivity index (χ2v) is 5.45. The first-order valence-electron chi connectivity index (χ1n) is 6.38. The minimum absolute atomic E-state index is 0.289. The highest BCUT2D eigenvalue weighted by atomic mass is 35.5. The lowest BCUT2D eigenvalue weighted by atomic mass is 9.86. The van der Waals surface area contributed by atoms with Crippen molar-refractivity contribution in [1.82, 2.24) is 0 Å². The van der Waals surface area contributed by atoms with E-state index in [1.54, 1.807) is 0 Å². The van der Waals surface area contributed by atoms with Gasteiger partial charge < -0.3 is 0 Å². The molecule has 0 fully saturated rings. The van der Waals surface area contributed by atoms with Gasteiger partial charge in [-0.3, -0.25) is 0 Å². The number of halogens is 1. The van der Waals surface area contributed by atoms with E-state index >= 15 is 0 Å². The van der Waals surface area contributed by atoms with Crippen LogP contribution in [0.3, 0.4) is 0 Å². The third-order valence-corrected chi connectivity index (χ3v) is 3.85.